The number of aromatic nitrogens is 2. The van der Waals surface area contributed by atoms with Gasteiger partial charge in [0.2, 0.25) is 0 Å². The van der Waals surface area contributed by atoms with Crippen molar-refractivity contribution >= 4 is 41.0 Å². The van der Waals surface area contributed by atoms with Crippen LogP contribution in [0.5, 0.6) is 0 Å². The molecule has 2 aliphatic carbocycles. The lowest BCUT2D eigenvalue weighted by molar-refractivity contribution is 0.0696. The maximum atomic E-state index is 13.4. The largest absolute Gasteiger partial charge is 0.478 e. The van der Waals surface area contributed by atoms with Crippen molar-refractivity contribution in [3.63, 3.8) is 0 Å². The first-order chi connectivity index (χ1) is 20.3. The number of halogens is 2. The first-order valence-corrected chi connectivity index (χ1v) is 14.9. The molecule has 3 aliphatic rings. The molecule has 4 atom stereocenters. The van der Waals surface area contributed by atoms with Crippen molar-refractivity contribution in [2.45, 2.75) is 38.1 Å². The molecule has 0 spiro atoms. The number of aromatic carboxylic acids is 1. The molecule has 3 aromatic carbocycles. The predicted molar refractivity (Wildman–Crippen MR) is 162 cm³/mol. The minimum atomic E-state index is -1.000. The molecule has 2 fully saturated rings. The Labute approximate surface area is 253 Å². The highest BCUT2D eigenvalue weighted by Crippen LogP contribution is 2.57. The Balaban J connectivity index is 1.08. The van der Waals surface area contributed by atoms with Gasteiger partial charge in [0.1, 0.15) is 0 Å². The SMILES string of the molecule is Cc1c(Cl)cccc1C1CC1COC(=O)N1C[C@@H]2C[C@@H]2c2c(-c3cnn(Cc4cc(C(=O)O)ccc4Cl)c3)cccc21. The number of carboxylic acids is 1. The second kappa shape index (κ2) is 10.5. The van der Waals surface area contributed by atoms with E-state index in [0.29, 0.717) is 54.0 Å². The van der Waals surface area contributed by atoms with Crippen molar-refractivity contribution < 1.29 is 19.4 Å². The molecule has 2 unspecified atom stereocenters. The number of carbonyl (C=O) groups is 2. The van der Waals surface area contributed by atoms with Crippen LogP contribution in [0.1, 0.15) is 57.3 Å². The Hall–Kier alpha value is -3.81. The molecular formula is C33H29Cl2N3O4. The summed E-state index contributed by atoms with van der Waals surface area (Å²) in [5.74, 6) is 0.513. The highest BCUT2D eigenvalue weighted by Gasteiger charge is 2.48. The number of amides is 1. The second-order valence-electron chi connectivity index (χ2n) is 11.6. The average Bonchev–Trinajstić information content (AvgIpc) is 3.89. The zero-order valence-electron chi connectivity index (χ0n) is 23.0. The summed E-state index contributed by atoms with van der Waals surface area (Å²) in [6.07, 6.45) is 5.49. The summed E-state index contributed by atoms with van der Waals surface area (Å²) in [5.41, 5.74) is 7.27. The van der Waals surface area contributed by atoms with Crippen LogP contribution >= 0.6 is 23.2 Å². The van der Waals surface area contributed by atoms with E-state index in [0.717, 1.165) is 45.8 Å². The van der Waals surface area contributed by atoms with Crippen molar-refractivity contribution in [2.75, 3.05) is 18.1 Å². The quantitative estimate of drug-likeness (QED) is 0.234. The van der Waals surface area contributed by atoms with Crippen molar-refractivity contribution in [1.29, 1.82) is 0 Å². The van der Waals surface area contributed by atoms with Crippen molar-refractivity contribution in [3.8, 4) is 11.1 Å². The van der Waals surface area contributed by atoms with Crippen LogP contribution in [0.15, 0.2) is 67.0 Å². The number of rotatable bonds is 7. The fourth-order valence-corrected chi connectivity index (χ4v) is 6.79. The van der Waals surface area contributed by atoms with Gasteiger partial charge >= 0.3 is 12.1 Å². The van der Waals surface area contributed by atoms with E-state index in [9.17, 15) is 14.7 Å². The van der Waals surface area contributed by atoms with Gasteiger partial charge in [-0.1, -0.05) is 47.5 Å². The topological polar surface area (TPSA) is 84.7 Å². The Kier molecular flexibility index (Phi) is 6.75. The van der Waals surface area contributed by atoms with Crippen LogP contribution in [-0.2, 0) is 11.3 Å². The maximum absolute atomic E-state index is 13.4. The van der Waals surface area contributed by atoms with E-state index in [4.69, 9.17) is 27.9 Å². The number of carbonyl (C=O) groups excluding carboxylic acids is 1. The molecule has 1 N–H and O–H groups in total. The summed E-state index contributed by atoms with van der Waals surface area (Å²) in [6.45, 7) is 3.45. The van der Waals surface area contributed by atoms with Gasteiger partial charge in [-0.15, -0.1) is 0 Å². The van der Waals surface area contributed by atoms with Crippen LogP contribution in [0.25, 0.3) is 11.1 Å². The van der Waals surface area contributed by atoms with Gasteiger partial charge in [0.25, 0.3) is 0 Å². The van der Waals surface area contributed by atoms with Crippen LogP contribution in [0.2, 0.25) is 10.0 Å². The minimum Gasteiger partial charge on any atom is -0.478 e. The van der Waals surface area contributed by atoms with E-state index >= 15 is 0 Å². The molecule has 1 aliphatic heterocycles. The van der Waals surface area contributed by atoms with Crippen LogP contribution < -0.4 is 4.90 Å². The molecule has 0 saturated heterocycles. The van der Waals surface area contributed by atoms with E-state index in [1.54, 1.807) is 21.7 Å². The number of ether oxygens (including phenoxy) is 1. The van der Waals surface area contributed by atoms with Crippen LogP contribution in [0.4, 0.5) is 10.5 Å². The third-order valence-electron chi connectivity index (χ3n) is 8.93. The van der Waals surface area contributed by atoms with Gasteiger partial charge in [-0.3, -0.25) is 9.58 Å². The van der Waals surface area contributed by atoms with E-state index in [1.165, 1.54) is 11.6 Å². The Morgan fingerprint density at radius 2 is 1.88 bits per heavy atom. The number of anilines is 1. The summed E-state index contributed by atoms with van der Waals surface area (Å²) >= 11 is 12.7. The van der Waals surface area contributed by atoms with Gasteiger partial charge in [0.15, 0.2) is 0 Å². The number of hydrogen-bond donors (Lipinski definition) is 1. The zero-order valence-corrected chi connectivity index (χ0v) is 24.5. The van der Waals surface area contributed by atoms with E-state index in [-0.39, 0.29) is 11.7 Å². The molecular weight excluding hydrogens is 573 g/mol. The number of fused-ring (bicyclic) bond motifs is 3. The molecule has 0 radical (unpaired) electrons. The Bertz CT molecular complexity index is 1730. The fraction of sp³-hybridized carbons (Fsp3) is 0.303. The lowest BCUT2D eigenvalue weighted by atomic mass is 9.93. The molecule has 214 valence electrons. The normalized spacial score (nSPS) is 21.8. The molecule has 0 bridgehead atoms. The highest BCUT2D eigenvalue weighted by molar-refractivity contribution is 6.31. The zero-order chi connectivity index (χ0) is 29.1. The minimum absolute atomic E-state index is 0.183. The fourth-order valence-electron chi connectivity index (χ4n) is 6.43. The van der Waals surface area contributed by atoms with Crippen LogP contribution in [0, 0.1) is 18.8 Å². The molecule has 2 heterocycles. The van der Waals surface area contributed by atoms with Crippen molar-refractivity contribution in [1.82, 2.24) is 9.78 Å². The molecule has 7 rings (SSSR count). The Morgan fingerprint density at radius 3 is 2.71 bits per heavy atom. The summed E-state index contributed by atoms with van der Waals surface area (Å²) < 4.78 is 7.65. The van der Waals surface area contributed by atoms with Gasteiger partial charge in [-0.2, -0.15) is 5.10 Å². The maximum Gasteiger partial charge on any atom is 0.414 e. The van der Waals surface area contributed by atoms with Crippen LogP contribution in [-0.4, -0.2) is 40.1 Å². The third-order valence-corrected chi connectivity index (χ3v) is 9.70. The van der Waals surface area contributed by atoms with Gasteiger partial charge in [0, 0.05) is 34.3 Å². The predicted octanol–water partition coefficient (Wildman–Crippen LogP) is 7.78. The van der Waals surface area contributed by atoms with Crippen molar-refractivity contribution in [2.24, 2.45) is 11.8 Å². The second-order valence-corrected chi connectivity index (χ2v) is 12.4. The highest BCUT2D eigenvalue weighted by atomic mass is 35.5. The average molecular weight is 603 g/mol. The first-order valence-electron chi connectivity index (χ1n) is 14.1. The van der Waals surface area contributed by atoms with E-state index in [1.807, 2.05) is 43.6 Å². The lowest BCUT2D eigenvalue weighted by Gasteiger charge is -2.29. The summed E-state index contributed by atoms with van der Waals surface area (Å²) in [5, 5.41) is 15.2. The molecule has 9 heteroatoms. The molecule has 42 heavy (non-hydrogen) atoms. The standard InChI is InChI=1S/C33H29Cl2N3O4/c1-18-24(4-2-6-28(18)34)26-12-22(26)17-42-33(41)38-16-20-11-27(20)31-25(5-3-7-30(31)38)23-13-36-37(15-23)14-21-10-19(32(39)40)8-9-29(21)35/h2-10,13,15,20,22,26-27H,11-12,14,16-17H2,1H3,(H,39,40)/t20-,22?,26?,27-/m0/s1. The molecule has 2 saturated carbocycles. The molecule has 1 amide bonds. The Morgan fingerprint density at radius 1 is 1.05 bits per heavy atom. The smallest absolute Gasteiger partial charge is 0.414 e. The van der Waals surface area contributed by atoms with E-state index < -0.39 is 5.97 Å². The van der Waals surface area contributed by atoms with Gasteiger partial charge < -0.3 is 9.84 Å². The van der Waals surface area contributed by atoms with Crippen LogP contribution in [0.3, 0.4) is 0 Å². The van der Waals surface area contributed by atoms with Gasteiger partial charge in [-0.25, -0.2) is 9.59 Å². The molecule has 1 aromatic heterocycles. The molecule has 4 aromatic rings. The van der Waals surface area contributed by atoms with E-state index in [2.05, 4.69) is 17.2 Å². The molecule has 7 nitrogen and oxygen atoms in total. The van der Waals surface area contributed by atoms with Gasteiger partial charge in [0.05, 0.1) is 30.6 Å². The monoisotopic (exact) mass is 601 g/mol. The number of hydrogen-bond acceptors (Lipinski definition) is 4. The summed E-state index contributed by atoms with van der Waals surface area (Å²) in [4.78, 5) is 26.6. The van der Waals surface area contributed by atoms with Gasteiger partial charge in [-0.05, 0) is 95.7 Å². The lowest BCUT2D eigenvalue weighted by Crippen LogP contribution is -2.36. The number of carboxylic acid groups (broad SMARTS) is 1. The number of nitrogens with zero attached hydrogens (tertiary/aromatic N) is 3. The van der Waals surface area contributed by atoms with Crippen molar-refractivity contribution in [3.05, 3.63) is 105 Å². The third kappa shape index (κ3) is 4.95. The summed E-state index contributed by atoms with van der Waals surface area (Å²) in [6, 6.07) is 16.7. The number of benzene rings is 3. The first kappa shape index (κ1) is 27.0. The summed E-state index contributed by atoms with van der Waals surface area (Å²) in [7, 11) is 0.